The van der Waals surface area contributed by atoms with Gasteiger partial charge in [0.25, 0.3) is 5.69 Å². The predicted molar refractivity (Wildman–Crippen MR) is 116 cm³/mol. The molecule has 152 valence electrons. The molecule has 1 saturated heterocycles. The Hall–Kier alpha value is -2.58. The van der Waals surface area contributed by atoms with Crippen molar-refractivity contribution in [3.63, 3.8) is 0 Å². The summed E-state index contributed by atoms with van der Waals surface area (Å²) in [6, 6.07) is 14.4. The molecule has 0 spiro atoms. The molecule has 0 atom stereocenters. The summed E-state index contributed by atoms with van der Waals surface area (Å²) in [5.74, 6) is -0.0963. The van der Waals surface area contributed by atoms with Gasteiger partial charge in [0.2, 0.25) is 5.91 Å². The van der Waals surface area contributed by atoms with Crippen LogP contribution >= 0.6 is 15.9 Å². The molecule has 29 heavy (non-hydrogen) atoms. The first-order chi connectivity index (χ1) is 13.9. The van der Waals surface area contributed by atoms with Gasteiger partial charge in [0.05, 0.1) is 10.6 Å². The molecule has 1 aliphatic heterocycles. The predicted octanol–water partition coefficient (Wildman–Crippen LogP) is 4.11. The van der Waals surface area contributed by atoms with E-state index >= 15 is 0 Å². The number of carbonyl (C=O) groups excluding carboxylic acids is 1. The van der Waals surface area contributed by atoms with Crippen LogP contribution in [0.25, 0.3) is 0 Å². The van der Waals surface area contributed by atoms with E-state index in [0.717, 1.165) is 53.8 Å². The number of nitrogens with zero attached hydrogens (tertiary/aromatic N) is 3. The van der Waals surface area contributed by atoms with Gasteiger partial charge >= 0.3 is 0 Å². The fourth-order valence-corrected chi connectivity index (χ4v) is 3.58. The summed E-state index contributed by atoms with van der Waals surface area (Å²) in [6.45, 7) is 4.22. The van der Waals surface area contributed by atoms with Crippen molar-refractivity contribution in [2.45, 2.75) is 26.3 Å². The highest BCUT2D eigenvalue weighted by atomic mass is 79.9. The molecular formula is C21H23BrN4O3. The molecule has 2 aromatic carbocycles. The van der Waals surface area contributed by atoms with Gasteiger partial charge in [-0.2, -0.15) is 5.10 Å². The minimum atomic E-state index is -0.394. The van der Waals surface area contributed by atoms with E-state index in [2.05, 4.69) is 31.4 Å². The zero-order valence-corrected chi connectivity index (χ0v) is 17.8. The molecule has 1 aliphatic rings. The van der Waals surface area contributed by atoms with E-state index in [9.17, 15) is 14.9 Å². The Morgan fingerprint density at radius 2 is 1.79 bits per heavy atom. The van der Waals surface area contributed by atoms with Crippen LogP contribution in [0, 0.1) is 16.0 Å². The Morgan fingerprint density at radius 3 is 2.38 bits per heavy atom. The van der Waals surface area contributed by atoms with E-state index in [0.29, 0.717) is 0 Å². The summed E-state index contributed by atoms with van der Waals surface area (Å²) >= 11 is 3.40. The van der Waals surface area contributed by atoms with Crippen molar-refractivity contribution in [3.05, 3.63) is 74.2 Å². The topological polar surface area (TPSA) is 87.8 Å². The lowest BCUT2D eigenvalue weighted by Crippen LogP contribution is -2.39. The highest BCUT2D eigenvalue weighted by Gasteiger charge is 2.25. The molecule has 1 fully saturated rings. The van der Waals surface area contributed by atoms with Crippen molar-refractivity contribution in [1.29, 1.82) is 0 Å². The van der Waals surface area contributed by atoms with Crippen LogP contribution in [0.1, 0.15) is 30.9 Å². The average molecular weight is 459 g/mol. The standard InChI is InChI=1S/C21H23BrN4O3/c1-15(17-4-6-19(22)7-5-17)23-24-21(27)18-10-12-25(13-11-18)14-16-2-8-20(9-3-16)26(28)29/h2-9,18H,10-14H2,1H3,(H,24,27). The van der Waals surface area contributed by atoms with Crippen LogP contribution in [0.4, 0.5) is 5.69 Å². The second kappa shape index (κ2) is 9.76. The maximum atomic E-state index is 12.4. The molecule has 0 bridgehead atoms. The number of piperidine rings is 1. The molecule has 8 heteroatoms. The number of nitrogens with one attached hydrogen (secondary N) is 1. The number of benzene rings is 2. The van der Waals surface area contributed by atoms with Gasteiger partial charge in [0.1, 0.15) is 0 Å². The fourth-order valence-electron chi connectivity index (χ4n) is 3.32. The second-order valence-corrected chi connectivity index (χ2v) is 8.07. The lowest BCUT2D eigenvalue weighted by Gasteiger charge is -2.30. The van der Waals surface area contributed by atoms with E-state index in [1.165, 1.54) is 12.1 Å². The molecule has 2 aromatic rings. The normalized spacial score (nSPS) is 15.9. The van der Waals surface area contributed by atoms with Crippen molar-refractivity contribution in [1.82, 2.24) is 10.3 Å². The number of nitro groups is 1. The van der Waals surface area contributed by atoms with Gasteiger partial charge in [-0.15, -0.1) is 0 Å². The Bertz CT molecular complexity index is 889. The summed E-state index contributed by atoms with van der Waals surface area (Å²) in [5.41, 5.74) is 5.57. The number of amides is 1. The summed E-state index contributed by atoms with van der Waals surface area (Å²) < 4.78 is 0.999. The number of halogens is 1. The van der Waals surface area contributed by atoms with E-state index < -0.39 is 4.92 Å². The average Bonchev–Trinajstić information content (AvgIpc) is 2.73. The molecule has 1 N–H and O–H groups in total. The molecule has 1 heterocycles. The molecule has 7 nitrogen and oxygen atoms in total. The monoisotopic (exact) mass is 458 g/mol. The highest BCUT2D eigenvalue weighted by molar-refractivity contribution is 9.10. The van der Waals surface area contributed by atoms with Crippen LogP contribution in [-0.4, -0.2) is 34.5 Å². The molecular weight excluding hydrogens is 436 g/mol. The van der Waals surface area contributed by atoms with Crippen molar-refractivity contribution in [2.24, 2.45) is 11.0 Å². The Labute approximate surface area is 178 Å². The van der Waals surface area contributed by atoms with Crippen LogP contribution in [-0.2, 0) is 11.3 Å². The van der Waals surface area contributed by atoms with Crippen LogP contribution in [0.2, 0.25) is 0 Å². The van der Waals surface area contributed by atoms with Crippen LogP contribution < -0.4 is 5.43 Å². The summed E-state index contributed by atoms with van der Waals surface area (Å²) in [5, 5.41) is 15.0. The van der Waals surface area contributed by atoms with Crippen LogP contribution in [0.3, 0.4) is 0 Å². The first-order valence-electron chi connectivity index (χ1n) is 9.48. The number of hydrazone groups is 1. The lowest BCUT2D eigenvalue weighted by atomic mass is 9.96. The van der Waals surface area contributed by atoms with Gasteiger partial charge in [-0.05, 0) is 56.1 Å². The fraction of sp³-hybridized carbons (Fsp3) is 0.333. The van der Waals surface area contributed by atoms with E-state index in [1.54, 1.807) is 12.1 Å². The lowest BCUT2D eigenvalue weighted by molar-refractivity contribution is -0.384. The smallest absolute Gasteiger partial charge is 0.269 e. The quantitative estimate of drug-likeness (QED) is 0.400. The number of rotatable bonds is 6. The van der Waals surface area contributed by atoms with Gasteiger partial charge in [-0.25, -0.2) is 5.43 Å². The number of hydrogen-bond acceptors (Lipinski definition) is 5. The highest BCUT2D eigenvalue weighted by Crippen LogP contribution is 2.20. The van der Waals surface area contributed by atoms with Gasteiger partial charge in [-0.1, -0.05) is 40.2 Å². The molecule has 0 saturated carbocycles. The molecule has 0 unspecified atom stereocenters. The van der Waals surface area contributed by atoms with Crippen molar-refractivity contribution < 1.29 is 9.72 Å². The van der Waals surface area contributed by atoms with Crippen molar-refractivity contribution in [3.8, 4) is 0 Å². The van der Waals surface area contributed by atoms with Gasteiger partial charge < -0.3 is 0 Å². The van der Waals surface area contributed by atoms with E-state index in [4.69, 9.17) is 0 Å². The zero-order valence-electron chi connectivity index (χ0n) is 16.2. The Balaban J connectivity index is 1.47. The minimum Gasteiger partial charge on any atom is -0.299 e. The van der Waals surface area contributed by atoms with E-state index in [1.807, 2.05) is 31.2 Å². The molecule has 1 amide bonds. The molecule has 0 radical (unpaired) electrons. The number of carbonyl (C=O) groups is 1. The summed E-state index contributed by atoms with van der Waals surface area (Å²) in [4.78, 5) is 25.1. The number of hydrogen-bond donors (Lipinski definition) is 1. The summed E-state index contributed by atoms with van der Waals surface area (Å²) in [6.07, 6.45) is 1.54. The van der Waals surface area contributed by atoms with E-state index in [-0.39, 0.29) is 17.5 Å². The third-order valence-electron chi connectivity index (χ3n) is 5.11. The maximum Gasteiger partial charge on any atom is 0.269 e. The number of non-ortho nitro benzene ring substituents is 1. The van der Waals surface area contributed by atoms with Gasteiger partial charge in [0, 0.05) is 29.1 Å². The molecule has 3 rings (SSSR count). The third-order valence-corrected chi connectivity index (χ3v) is 5.64. The minimum absolute atomic E-state index is 0.0450. The van der Waals surface area contributed by atoms with Crippen molar-refractivity contribution >= 4 is 33.2 Å². The molecule has 0 aliphatic carbocycles. The molecule has 0 aromatic heterocycles. The van der Waals surface area contributed by atoms with Crippen LogP contribution in [0.15, 0.2) is 58.1 Å². The Morgan fingerprint density at radius 1 is 1.17 bits per heavy atom. The zero-order chi connectivity index (χ0) is 20.8. The van der Waals surface area contributed by atoms with Gasteiger partial charge in [0.15, 0.2) is 0 Å². The maximum absolute atomic E-state index is 12.4. The second-order valence-electron chi connectivity index (χ2n) is 7.15. The van der Waals surface area contributed by atoms with Crippen molar-refractivity contribution in [2.75, 3.05) is 13.1 Å². The Kier molecular flexibility index (Phi) is 7.11. The third kappa shape index (κ3) is 5.95. The number of nitro benzene ring substituents is 1. The van der Waals surface area contributed by atoms with Crippen LogP contribution in [0.5, 0.6) is 0 Å². The first kappa shape index (κ1) is 21.1. The summed E-state index contributed by atoms with van der Waals surface area (Å²) in [7, 11) is 0. The SMILES string of the molecule is CC(=NNC(=O)C1CCN(Cc2ccc([N+](=O)[O-])cc2)CC1)c1ccc(Br)cc1. The van der Waals surface area contributed by atoms with Gasteiger partial charge in [-0.3, -0.25) is 19.8 Å². The number of likely N-dealkylation sites (tertiary alicyclic amines) is 1. The largest absolute Gasteiger partial charge is 0.299 e. The first-order valence-corrected chi connectivity index (χ1v) is 10.3.